The Morgan fingerprint density at radius 3 is 2.89 bits per heavy atom. The van der Waals surface area contributed by atoms with Crippen LogP contribution >= 0.6 is 0 Å². The lowest BCUT2D eigenvalue weighted by Crippen LogP contribution is -2.33. The van der Waals surface area contributed by atoms with Gasteiger partial charge in [-0.2, -0.15) is 0 Å². The fourth-order valence-electron chi connectivity index (χ4n) is 4.34. The second kappa shape index (κ2) is 3.43. The maximum atomic E-state index is 3.70. The minimum atomic E-state index is 0.664. The molecule has 2 heteroatoms. The smallest absolute Gasteiger partial charge is 0.0459 e. The van der Waals surface area contributed by atoms with Crippen LogP contribution in [0.5, 0.6) is 0 Å². The average molecular weight is 252 g/mol. The van der Waals surface area contributed by atoms with Crippen molar-refractivity contribution in [1.29, 1.82) is 0 Å². The van der Waals surface area contributed by atoms with Crippen molar-refractivity contribution in [3.8, 4) is 0 Å². The van der Waals surface area contributed by atoms with Gasteiger partial charge in [-0.05, 0) is 61.9 Å². The SMILES string of the molecule is CN1C2CCC1c1c([nH]c3ccc(C4CC4)cc13)C2. The molecule has 1 aliphatic carbocycles. The second-order valence-corrected chi connectivity index (χ2v) is 6.71. The van der Waals surface area contributed by atoms with Crippen molar-refractivity contribution in [2.75, 3.05) is 7.05 Å². The van der Waals surface area contributed by atoms with Gasteiger partial charge in [-0.3, -0.25) is 4.90 Å². The molecule has 1 aromatic carbocycles. The molecule has 2 bridgehead atoms. The number of hydrogen-bond donors (Lipinski definition) is 1. The van der Waals surface area contributed by atoms with Crippen LogP contribution < -0.4 is 0 Å². The highest BCUT2D eigenvalue weighted by Gasteiger charge is 2.39. The summed E-state index contributed by atoms with van der Waals surface area (Å²) >= 11 is 0. The molecule has 0 radical (unpaired) electrons. The van der Waals surface area contributed by atoms with E-state index in [1.807, 2.05) is 0 Å². The Bertz CT molecular complexity index is 665. The molecule has 0 amide bonds. The molecule has 1 N–H and O–H groups in total. The van der Waals surface area contributed by atoms with E-state index in [1.54, 1.807) is 11.1 Å². The standard InChI is InChI=1S/C17H20N2/c1-19-12-5-7-16(19)17-13-8-11(10-2-3-10)4-6-14(13)18-15(17)9-12/h4,6,8,10,12,16,18H,2-3,5,7,9H2,1H3. The fourth-order valence-corrected chi connectivity index (χ4v) is 4.34. The Hall–Kier alpha value is -1.28. The van der Waals surface area contributed by atoms with Gasteiger partial charge in [0.25, 0.3) is 0 Å². The van der Waals surface area contributed by atoms with E-state index in [0.717, 1.165) is 12.0 Å². The van der Waals surface area contributed by atoms with Crippen molar-refractivity contribution in [3.63, 3.8) is 0 Å². The molecule has 2 aliphatic heterocycles. The summed E-state index contributed by atoms with van der Waals surface area (Å²) in [4.78, 5) is 6.31. The fraction of sp³-hybridized carbons (Fsp3) is 0.529. The molecule has 1 aromatic heterocycles. The Labute approximate surface area is 113 Å². The van der Waals surface area contributed by atoms with E-state index >= 15 is 0 Å². The molecule has 2 atom stereocenters. The number of H-pyrrole nitrogens is 1. The first-order valence-electron chi connectivity index (χ1n) is 7.67. The molecule has 19 heavy (non-hydrogen) atoms. The molecule has 2 nitrogen and oxygen atoms in total. The van der Waals surface area contributed by atoms with Crippen molar-refractivity contribution in [2.24, 2.45) is 0 Å². The predicted molar refractivity (Wildman–Crippen MR) is 77.5 cm³/mol. The first-order valence-corrected chi connectivity index (χ1v) is 7.67. The number of aromatic amines is 1. The van der Waals surface area contributed by atoms with E-state index in [2.05, 4.69) is 35.1 Å². The third-order valence-electron chi connectivity index (χ3n) is 5.61. The normalized spacial score (nSPS) is 29.9. The van der Waals surface area contributed by atoms with Crippen molar-refractivity contribution in [3.05, 3.63) is 35.0 Å². The number of aromatic nitrogens is 1. The molecule has 2 aromatic rings. The summed E-state index contributed by atoms with van der Waals surface area (Å²) in [5.74, 6) is 0.854. The molecule has 1 saturated heterocycles. The van der Waals surface area contributed by atoms with E-state index < -0.39 is 0 Å². The summed E-state index contributed by atoms with van der Waals surface area (Å²) in [5.41, 5.74) is 6.06. The zero-order valence-corrected chi connectivity index (χ0v) is 11.4. The van der Waals surface area contributed by atoms with Crippen LogP contribution in [0.3, 0.4) is 0 Å². The molecule has 3 aliphatic rings. The van der Waals surface area contributed by atoms with E-state index in [4.69, 9.17) is 0 Å². The zero-order valence-electron chi connectivity index (χ0n) is 11.4. The van der Waals surface area contributed by atoms with E-state index in [-0.39, 0.29) is 0 Å². The lowest BCUT2D eigenvalue weighted by atomic mass is 9.96. The van der Waals surface area contributed by atoms with Crippen LogP contribution in [0.25, 0.3) is 10.9 Å². The number of nitrogens with zero attached hydrogens (tertiary/aromatic N) is 1. The Morgan fingerprint density at radius 2 is 2.05 bits per heavy atom. The maximum absolute atomic E-state index is 3.70. The van der Waals surface area contributed by atoms with Crippen LogP contribution in [0.15, 0.2) is 18.2 Å². The van der Waals surface area contributed by atoms with Gasteiger partial charge in [0.1, 0.15) is 0 Å². The molecular formula is C17H20N2. The summed E-state index contributed by atoms with van der Waals surface area (Å²) < 4.78 is 0. The van der Waals surface area contributed by atoms with Gasteiger partial charge >= 0.3 is 0 Å². The van der Waals surface area contributed by atoms with Gasteiger partial charge in [0.05, 0.1) is 0 Å². The van der Waals surface area contributed by atoms with Crippen molar-refractivity contribution in [1.82, 2.24) is 9.88 Å². The van der Waals surface area contributed by atoms with Crippen LogP contribution in [0.2, 0.25) is 0 Å². The Balaban J connectivity index is 1.75. The topological polar surface area (TPSA) is 19.0 Å². The van der Waals surface area contributed by atoms with Gasteiger partial charge in [-0.1, -0.05) is 6.07 Å². The molecule has 5 rings (SSSR count). The number of nitrogens with one attached hydrogen (secondary N) is 1. The first kappa shape index (κ1) is 10.5. The lowest BCUT2D eigenvalue weighted by molar-refractivity contribution is 0.224. The summed E-state index contributed by atoms with van der Waals surface area (Å²) in [6.07, 6.45) is 6.71. The maximum Gasteiger partial charge on any atom is 0.0459 e. The summed E-state index contributed by atoms with van der Waals surface area (Å²) in [6.45, 7) is 0. The highest BCUT2D eigenvalue weighted by Crippen LogP contribution is 2.47. The number of likely N-dealkylation sites (N-methyl/N-ethyl adjacent to an activating group) is 1. The van der Waals surface area contributed by atoms with E-state index in [1.165, 1.54) is 48.7 Å². The van der Waals surface area contributed by atoms with Gasteiger partial charge in [0.2, 0.25) is 0 Å². The highest BCUT2D eigenvalue weighted by atomic mass is 15.2. The third kappa shape index (κ3) is 1.35. The van der Waals surface area contributed by atoms with E-state index in [9.17, 15) is 0 Å². The van der Waals surface area contributed by atoms with Gasteiger partial charge in [0.15, 0.2) is 0 Å². The molecule has 3 heterocycles. The second-order valence-electron chi connectivity index (χ2n) is 6.71. The van der Waals surface area contributed by atoms with Crippen LogP contribution in [0.4, 0.5) is 0 Å². The minimum absolute atomic E-state index is 0.664. The quantitative estimate of drug-likeness (QED) is 0.819. The van der Waals surface area contributed by atoms with Gasteiger partial charge in [-0.25, -0.2) is 0 Å². The molecule has 0 spiro atoms. The molecule has 1 saturated carbocycles. The van der Waals surface area contributed by atoms with E-state index in [0.29, 0.717) is 6.04 Å². The molecule has 2 fully saturated rings. The Kier molecular flexibility index (Phi) is 1.89. The number of rotatable bonds is 1. The number of fused-ring (bicyclic) bond motifs is 6. The zero-order chi connectivity index (χ0) is 12.6. The Morgan fingerprint density at radius 1 is 1.16 bits per heavy atom. The molecule has 2 unspecified atom stereocenters. The predicted octanol–water partition coefficient (Wildman–Crippen LogP) is 3.74. The first-order chi connectivity index (χ1) is 9.31. The van der Waals surface area contributed by atoms with Gasteiger partial charge in [0, 0.05) is 35.1 Å². The average Bonchev–Trinajstić information content (AvgIpc) is 3.16. The summed E-state index contributed by atoms with van der Waals surface area (Å²) in [7, 11) is 2.31. The summed E-state index contributed by atoms with van der Waals surface area (Å²) in [6, 6.07) is 8.57. The number of benzene rings is 1. The van der Waals surface area contributed by atoms with Crippen LogP contribution in [0, 0.1) is 0 Å². The van der Waals surface area contributed by atoms with Crippen molar-refractivity contribution >= 4 is 10.9 Å². The van der Waals surface area contributed by atoms with Crippen LogP contribution in [-0.2, 0) is 6.42 Å². The largest absolute Gasteiger partial charge is 0.358 e. The molecule has 98 valence electrons. The third-order valence-corrected chi connectivity index (χ3v) is 5.61. The van der Waals surface area contributed by atoms with Gasteiger partial charge in [-0.15, -0.1) is 0 Å². The van der Waals surface area contributed by atoms with Crippen molar-refractivity contribution < 1.29 is 0 Å². The lowest BCUT2D eigenvalue weighted by Gasteiger charge is -2.31. The van der Waals surface area contributed by atoms with Crippen LogP contribution in [-0.4, -0.2) is 23.0 Å². The monoisotopic (exact) mass is 252 g/mol. The molecular weight excluding hydrogens is 232 g/mol. The van der Waals surface area contributed by atoms with Gasteiger partial charge < -0.3 is 4.98 Å². The minimum Gasteiger partial charge on any atom is -0.358 e. The summed E-state index contributed by atoms with van der Waals surface area (Å²) in [5, 5.41) is 1.51. The number of hydrogen-bond acceptors (Lipinski definition) is 1. The van der Waals surface area contributed by atoms with Crippen LogP contribution in [0.1, 0.15) is 54.5 Å². The highest BCUT2D eigenvalue weighted by molar-refractivity contribution is 5.86. The van der Waals surface area contributed by atoms with Crippen molar-refractivity contribution in [2.45, 2.75) is 50.1 Å².